The van der Waals surface area contributed by atoms with Gasteiger partial charge in [-0.2, -0.15) is 4.31 Å². The standard InChI is InChI=1S/C23H30N4O3S/c1-3-27(4-2)31(29,30)21-12-8-19(9-13-21)10-15-23(28)25-20-11-14-22(24-18-20)26-16-6-5-7-17-26/h8-15,18H,3-7,16-17H2,1-2H3,(H,25,28). The maximum absolute atomic E-state index is 12.5. The fourth-order valence-electron chi connectivity index (χ4n) is 3.59. The number of piperidine rings is 1. The maximum Gasteiger partial charge on any atom is 0.248 e. The Bertz CT molecular complexity index is 992. The number of rotatable bonds is 8. The predicted molar refractivity (Wildman–Crippen MR) is 125 cm³/mol. The molecule has 3 rings (SSSR count). The molecule has 1 aliphatic heterocycles. The Morgan fingerprint density at radius 3 is 2.32 bits per heavy atom. The van der Waals surface area contributed by atoms with Crippen LogP contribution in [0.5, 0.6) is 0 Å². The summed E-state index contributed by atoms with van der Waals surface area (Å²) < 4.78 is 26.5. The van der Waals surface area contributed by atoms with Crippen molar-refractivity contribution in [2.24, 2.45) is 0 Å². The molecule has 1 fully saturated rings. The van der Waals surface area contributed by atoms with Crippen molar-refractivity contribution in [3.8, 4) is 0 Å². The molecular weight excluding hydrogens is 412 g/mol. The minimum absolute atomic E-state index is 0.248. The van der Waals surface area contributed by atoms with E-state index in [1.54, 1.807) is 36.5 Å². The molecule has 1 N–H and O–H groups in total. The molecule has 0 unspecified atom stereocenters. The van der Waals surface area contributed by atoms with Crippen molar-refractivity contribution in [1.29, 1.82) is 0 Å². The predicted octanol–water partition coefficient (Wildman–Crippen LogP) is 3.75. The van der Waals surface area contributed by atoms with Crippen LogP contribution in [-0.2, 0) is 14.8 Å². The zero-order chi connectivity index (χ0) is 22.3. The number of carbonyl (C=O) groups excluding carboxylic acids is 1. The fourth-order valence-corrected chi connectivity index (χ4v) is 5.05. The van der Waals surface area contributed by atoms with Gasteiger partial charge in [0.1, 0.15) is 5.82 Å². The molecule has 2 aromatic rings. The summed E-state index contributed by atoms with van der Waals surface area (Å²) >= 11 is 0. The number of hydrogen-bond donors (Lipinski definition) is 1. The topological polar surface area (TPSA) is 82.6 Å². The number of anilines is 2. The summed E-state index contributed by atoms with van der Waals surface area (Å²) in [6, 6.07) is 10.3. The van der Waals surface area contributed by atoms with Crippen LogP contribution < -0.4 is 10.2 Å². The van der Waals surface area contributed by atoms with E-state index in [4.69, 9.17) is 0 Å². The second kappa shape index (κ2) is 10.5. The molecule has 1 aliphatic rings. The van der Waals surface area contributed by atoms with Crippen LogP contribution >= 0.6 is 0 Å². The van der Waals surface area contributed by atoms with Gasteiger partial charge in [0.25, 0.3) is 0 Å². The van der Waals surface area contributed by atoms with Crippen molar-refractivity contribution >= 4 is 33.5 Å². The third-order valence-corrected chi connectivity index (χ3v) is 7.41. The van der Waals surface area contributed by atoms with Gasteiger partial charge in [0.15, 0.2) is 0 Å². The summed E-state index contributed by atoms with van der Waals surface area (Å²) in [7, 11) is -3.48. The Morgan fingerprint density at radius 1 is 1.06 bits per heavy atom. The molecule has 0 aliphatic carbocycles. The van der Waals surface area contributed by atoms with E-state index in [9.17, 15) is 13.2 Å². The number of carbonyl (C=O) groups is 1. The molecule has 0 bridgehead atoms. The van der Waals surface area contributed by atoms with Crippen molar-refractivity contribution in [3.63, 3.8) is 0 Å². The van der Waals surface area contributed by atoms with Gasteiger partial charge >= 0.3 is 0 Å². The number of aromatic nitrogens is 1. The van der Waals surface area contributed by atoms with Crippen molar-refractivity contribution in [1.82, 2.24) is 9.29 Å². The molecule has 7 nitrogen and oxygen atoms in total. The molecule has 1 aromatic heterocycles. The Balaban J connectivity index is 1.58. The lowest BCUT2D eigenvalue weighted by atomic mass is 10.1. The third-order valence-electron chi connectivity index (χ3n) is 5.35. The summed E-state index contributed by atoms with van der Waals surface area (Å²) in [5.41, 5.74) is 1.38. The molecular formula is C23H30N4O3S. The molecule has 31 heavy (non-hydrogen) atoms. The Hall–Kier alpha value is -2.71. The monoisotopic (exact) mass is 442 g/mol. The highest BCUT2D eigenvalue weighted by atomic mass is 32.2. The summed E-state index contributed by atoms with van der Waals surface area (Å²) in [6.07, 6.45) is 8.39. The van der Waals surface area contributed by atoms with Crippen LogP contribution in [0, 0.1) is 0 Å². The zero-order valence-electron chi connectivity index (χ0n) is 18.1. The number of amides is 1. The molecule has 0 spiro atoms. The van der Waals surface area contributed by atoms with E-state index in [-0.39, 0.29) is 10.8 Å². The molecule has 1 amide bonds. The van der Waals surface area contributed by atoms with Gasteiger partial charge in [-0.1, -0.05) is 26.0 Å². The summed E-state index contributed by atoms with van der Waals surface area (Å²) in [6.45, 7) is 6.52. The maximum atomic E-state index is 12.5. The first kappa shape index (κ1) is 23.0. The largest absolute Gasteiger partial charge is 0.357 e. The first-order chi connectivity index (χ1) is 14.9. The molecule has 2 heterocycles. The second-order valence-corrected chi connectivity index (χ2v) is 9.37. The van der Waals surface area contributed by atoms with E-state index in [2.05, 4.69) is 15.2 Å². The van der Waals surface area contributed by atoms with E-state index in [0.717, 1.165) is 24.5 Å². The summed E-state index contributed by atoms with van der Waals surface area (Å²) in [4.78, 5) is 19.2. The summed E-state index contributed by atoms with van der Waals surface area (Å²) in [5.74, 6) is 0.667. The van der Waals surface area contributed by atoms with Crippen molar-refractivity contribution in [3.05, 3.63) is 54.2 Å². The number of benzene rings is 1. The highest BCUT2D eigenvalue weighted by Gasteiger charge is 2.21. The van der Waals surface area contributed by atoms with E-state index < -0.39 is 10.0 Å². The SMILES string of the molecule is CCN(CC)S(=O)(=O)c1ccc(C=CC(=O)Nc2ccc(N3CCCCC3)nc2)cc1. The Kier molecular flexibility index (Phi) is 7.81. The first-order valence-corrected chi connectivity index (χ1v) is 12.2. The van der Waals surface area contributed by atoms with Crippen LogP contribution in [0.1, 0.15) is 38.7 Å². The zero-order valence-corrected chi connectivity index (χ0v) is 18.9. The second-order valence-electron chi connectivity index (χ2n) is 7.43. The molecule has 1 saturated heterocycles. The van der Waals surface area contributed by atoms with Crippen LogP contribution in [-0.4, -0.2) is 49.8 Å². The van der Waals surface area contributed by atoms with Crippen molar-refractivity contribution in [2.45, 2.75) is 38.0 Å². The molecule has 0 radical (unpaired) electrons. The van der Waals surface area contributed by atoms with Gasteiger partial charge in [-0.25, -0.2) is 13.4 Å². The molecule has 0 atom stereocenters. The third kappa shape index (κ3) is 5.92. The minimum Gasteiger partial charge on any atom is -0.357 e. The number of nitrogens with one attached hydrogen (secondary N) is 1. The molecule has 8 heteroatoms. The lowest BCUT2D eigenvalue weighted by molar-refractivity contribution is -0.111. The molecule has 0 saturated carbocycles. The number of sulfonamides is 1. The van der Waals surface area contributed by atoms with Crippen LogP contribution in [0.15, 0.2) is 53.6 Å². The van der Waals surface area contributed by atoms with Gasteiger partial charge in [-0.15, -0.1) is 0 Å². The van der Waals surface area contributed by atoms with Crippen LogP contribution in [0.2, 0.25) is 0 Å². The van der Waals surface area contributed by atoms with Crippen LogP contribution in [0.3, 0.4) is 0 Å². The molecule has 166 valence electrons. The highest BCUT2D eigenvalue weighted by Crippen LogP contribution is 2.19. The number of hydrogen-bond acceptors (Lipinski definition) is 5. The van der Waals surface area contributed by atoms with Gasteiger partial charge in [-0.3, -0.25) is 4.79 Å². The van der Waals surface area contributed by atoms with Crippen molar-refractivity contribution in [2.75, 3.05) is 36.4 Å². The molecule has 1 aromatic carbocycles. The van der Waals surface area contributed by atoms with E-state index in [0.29, 0.717) is 18.8 Å². The van der Waals surface area contributed by atoms with Gasteiger partial charge < -0.3 is 10.2 Å². The number of pyridine rings is 1. The van der Waals surface area contributed by atoms with Gasteiger partial charge in [-0.05, 0) is 55.2 Å². The highest BCUT2D eigenvalue weighted by molar-refractivity contribution is 7.89. The average molecular weight is 443 g/mol. The number of nitrogens with zero attached hydrogens (tertiary/aromatic N) is 3. The van der Waals surface area contributed by atoms with Crippen molar-refractivity contribution < 1.29 is 13.2 Å². The van der Waals surface area contributed by atoms with Gasteiger partial charge in [0.2, 0.25) is 15.9 Å². The minimum atomic E-state index is -3.48. The lowest BCUT2D eigenvalue weighted by Crippen LogP contribution is -2.30. The van der Waals surface area contributed by atoms with E-state index in [1.807, 2.05) is 26.0 Å². The van der Waals surface area contributed by atoms with Gasteiger partial charge in [0, 0.05) is 32.3 Å². The van der Waals surface area contributed by atoms with Gasteiger partial charge in [0.05, 0.1) is 16.8 Å². The van der Waals surface area contributed by atoms with Crippen LogP contribution in [0.4, 0.5) is 11.5 Å². The van der Waals surface area contributed by atoms with E-state index in [1.165, 1.54) is 29.6 Å². The smallest absolute Gasteiger partial charge is 0.248 e. The summed E-state index contributed by atoms with van der Waals surface area (Å²) in [5, 5.41) is 2.80. The van der Waals surface area contributed by atoms with Crippen LogP contribution in [0.25, 0.3) is 6.08 Å². The lowest BCUT2D eigenvalue weighted by Gasteiger charge is -2.27. The average Bonchev–Trinajstić information content (AvgIpc) is 2.80. The fraction of sp³-hybridized carbons (Fsp3) is 0.391. The quantitative estimate of drug-likeness (QED) is 0.630. The Morgan fingerprint density at radius 2 is 1.74 bits per heavy atom. The first-order valence-electron chi connectivity index (χ1n) is 10.7. The normalized spacial score (nSPS) is 14.9. The van der Waals surface area contributed by atoms with E-state index >= 15 is 0 Å². The Labute approximate surface area is 184 Å².